The first kappa shape index (κ1) is 14.5. The van der Waals surface area contributed by atoms with E-state index >= 15 is 0 Å². The fourth-order valence-corrected chi connectivity index (χ4v) is 3.79. The minimum atomic E-state index is -0.0740. The van der Waals surface area contributed by atoms with Gasteiger partial charge in [0.2, 0.25) is 0 Å². The van der Waals surface area contributed by atoms with Gasteiger partial charge in [0.05, 0.1) is 11.1 Å². The third-order valence-electron chi connectivity index (χ3n) is 4.67. The second-order valence-electron chi connectivity index (χ2n) is 6.11. The monoisotopic (exact) mass is 327 g/mol. The Bertz CT molecular complexity index is 926. The summed E-state index contributed by atoms with van der Waals surface area (Å²) in [5.41, 5.74) is 4.74. The number of halogens is 1. The first-order valence-electron chi connectivity index (χ1n) is 8.12. The topological polar surface area (TPSA) is 61.5 Å². The minimum Gasteiger partial charge on any atom is -0.281 e. The highest BCUT2D eigenvalue weighted by Crippen LogP contribution is 2.35. The number of aromatic amines is 2. The van der Waals surface area contributed by atoms with Crippen LogP contribution in [0.4, 0.5) is 0 Å². The van der Waals surface area contributed by atoms with Crippen molar-refractivity contribution in [1.82, 2.24) is 15.2 Å². The zero-order chi connectivity index (χ0) is 15.8. The highest BCUT2D eigenvalue weighted by atomic mass is 35.5. The summed E-state index contributed by atoms with van der Waals surface area (Å²) in [7, 11) is 0. The van der Waals surface area contributed by atoms with E-state index in [1.165, 1.54) is 18.4 Å². The maximum absolute atomic E-state index is 12.2. The molecule has 4 rings (SSSR count). The number of benzene rings is 1. The molecule has 0 spiro atoms. The van der Waals surface area contributed by atoms with E-state index in [0.29, 0.717) is 10.7 Å². The van der Waals surface area contributed by atoms with Crippen LogP contribution >= 0.6 is 11.6 Å². The van der Waals surface area contributed by atoms with Crippen molar-refractivity contribution in [3.63, 3.8) is 0 Å². The maximum atomic E-state index is 12.2. The lowest BCUT2D eigenvalue weighted by Gasteiger charge is -2.18. The Morgan fingerprint density at radius 2 is 1.70 bits per heavy atom. The van der Waals surface area contributed by atoms with Gasteiger partial charge in [0.1, 0.15) is 0 Å². The van der Waals surface area contributed by atoms with Gasteiger partial charge in [-0.15, -0.1) is 0 Å². The zero-order valence-corrected chi connectivity index (χ0v) is 13.5. The number of aryl methyl sites for hydroxylation is 1. The summed E-state index contributed by atoms with van der Waals surface area (Å²) < 4.78 is 0. The van der Waals surface area contributed by atoms with Gasteiger partial charge in [0.25, 0.3) is 5.56 Å². The predicted molar refractivity (Wildman–Crippen MR) is 93.0 cm³/mol. The normalized spacial score (nSPS) is 15.2. The lowest BCUT2D eigenvalue weighted by molar-refractivity contribution is 0.618. The standard InChI is InChI=1S/C18H18ClN3O/c19-14-10-6-5-9-13(14)16-12-8-4-2-1-3-7-11(12)15-17(20-16)21-22-18(15)23/h5-6,9-10H,1-4,7-8H2,(H2,20,21,22,23). The van der Waals surface area contributed by atoms with Crippen LogP contribution in [0.2, 0.25) is 5.02 Å². The van der Waals surface area contributed by atoms with Gasteiger partial charge in [-0.1, -0.05) is 42.6 Å². The van der Waals surface area contributed by atoms with Crippen LogP contribution in [0.3, 0.4) is 0 Å². The number of hydrogen-bond acceptors (Lipinski definition) is 2. The largest absolute Gasteiger partial charge is 0.281 e. The van der Waals surface area contributed by atoms with E-state index in [1.54, 1.807) is 0 Å². The van der Waals surface area contributed by atoms with E-state index in [-0.39, 0.29) is 5.56 Å². The van der Waals surface area contributed by atoms with Crippen molar-refractivity contribution in [2.45, 2.75) is 38.5 Å². The second-order valence-corrected chi connectivity index (χ2v) is 6.52. The quantitative estimate of drug-likeness (QED) is 0.702. The van der Waals surface area contributed by atoms with E-state index in [0.717, 1.165) is 47.9 Å². The van der Waals surface area contributed by atoms with Crippen molar-refractivity contribution in [1.29, 1.82) is 0 Å². The molecule has 0 saturated carbocycles. The molecule has 1 aliphatic rings. The van der Waals surface area contributed by atoms with Gasteiger partial charge < -0.3 is 0 Å². The number of nitrogens with one attached hydrogen (secondary N) is 2. The molecule has 0 aliphatic heterocycles. The summed E-state index contributed by atoms with van der Waals surface area (Å²) in [6.45, 7) is 0. The van der Waals surface area contributed by atoms with Crippen LogP contribution in [0.25, 0.3) is 22.3 Å². The number of hydrogen-bond donors (Lipinski definition) is 2. The molecule has 0 fully saturated rings. The molecule has 2 aromatic heterocycles. The minimum absolute atomic E-state index is 0.0740. The predicted octanol–water partition coefficient (Wildman–Crippen LogP) is 4.23. The second kappa shape index (κ2) is 5.85. The number of rotatable bonds is 1. The Hall–Kier alpha value is -2.07. The van der Waals surface area contributed by atoms with Crippen molar-refractivity contribution in [3.8, 4) is 11.3 Å². The molecule has 2 heterocycles. The smallest absolute Gasteiger partial charge is 0.273 e. The first-order valence-corrected chi connectivity index (χ1v) is 8.50. The number of H-pyrrole nitrogens is 2. The van der Waals surface area contributed by atoms with Crippen LogP contribution in [-0.2, 0) is 12.8 Å². The zero-order valence-electron chi connectivity index (χ0n) is 12.8. The van der Waals surface area contributed by atoms with E-state index in [1.807, 2.05) is 24.3 Å². The SMILES string of the molecule is O=c1[nH][nH]c2nc(-c3ccccc3Cl)c3c(c12)CCCCCC3. The number of fused-ring (bicyclic) bond motifs is 3. The molecule has 0 bridgehead atoms. The summed E-state index contributed by atoms with van der Waals surface area (Å²) in [5.74, 6) is 0. The summed E-state index contributed by atoms with van der Waals surface area (Å²) in [6.07, 6.45) is 6.55. The summed E-state index contributed by atoms with van der Waals surface area (Å²) in [4.78, 5) is 17.0. The van der Waals surface area contributed by atoms with Crippen molar-refractivity contribution in [2.24, 2.45) is 0 Å². The van der Waals surface area contributed by atoms with Crippen LogP contribution < -0.4 is 5.56 Å². The van der Waals surface area contributed by atoms with E-state index in [9.17, 15) is 4.79 Å². The summed E-state index contributed by atoms with van der Waals surface area (Å²) in [5, 5.41) is 7.01. The Morgan fingerprint density at radius 3 is 2.48 bits per heavy atom. The van der Waals surface area contributed by atoms with Crippen LogP contribution in [-0.4, -0.2) is 15.2 Å². The van der Waals surface area contributed by atoms with Gasteiger partial charge >= 0.3 is 0 Å². The third-order valence-corrected chi connectivity index (χ3v) is 5.00. The van der Waals surface area contributed by atoms with Crippen LogP contribution in [0.15, 0.2) is 29.1 Å². The maximum Gasteiger partial charge on any atom is 0.273 e. The first-order chi connectivity index (χ1) is 11.3. The van der Waals surface area contributed by atoms with Crippen LogP contribution in [0.5, 0.6) is 0 Å². The molecule has 4 nitrogen and oxygen atoms in total. The van der Waals surface area contributed by atoms with Gasteiger partial charge in [-0.25, -0.2) is 4.98 Å². The molecular weight excluding hydrogens is 310 g/mol. The molecule has 5 heteroatoms. The van der Waals surface area contributed by atoms with Crippen molar-refractivity contribution in [2.75, 3.05) is 0 Å². The average molecular weight is 328 g/mol. The molecule has 23 heavy (non-hydrogen) atoms. The molecule has 3 aromatic rings. The molecule has 0 radical (unpaired) electrons. The van der Waals surface area contributed by atoms with E-state index in [2.05, 4.69) is 10.2 Å². The molecule has 0 amide bonds. The highest BCUT2D eigenvalue weighted by molar-refractivity contribution is 6.33. The molecule has 1 aliphatic carbocycles. The van der Waals surface area contributed by atoms with Gasteiger partial charge in [-0.3, -0.25) is 15.0 Å². The van der Waals surface area contributed by atoms with Gasteiger partial charge in [-0.2, -0.15) is 0 Å². The van der Waals surface area contributed by atoms with Crippen molar-refractivity contribution >= 4 is 22.6 Å². The summed E-state index contributed by atoms with van der Waals surface area (Å²) >= 11 is 6.41. The number of nitrogens with zero attached hydrogens (tertiary/aromatic N) is 1. The molecule has 1 aromatic carbocycles. The molecule has 0 unspecified atom stereocenters. The average Bonchev–Trinajstić information content (AvgIpc) is 2.89. The third kappa shape index (κ3) is 2.47. The fraction of sp³-hybridized carbons (Fsp3) is 0.333. The highest BCUT2D eigenvalue weighted by Gasteiger charge is 2.21. The lowest BCUT2D eigenvalue weighted by Crippen LogP contribution is -2.09. The molecule has 0 saturated heterocycles. The Morgan fingerprint density at radius 1 is 0.957 bits per heavy atom. The Labute approximate surface area is 138 Å². The summed E-state index contributed by atoms with van der Waals surface area (Å²) in [6, 6.07) is 7.78. The van der Waals surface area contributed by atoms with Crippen molar-refractivity contribution in [3.05, 3.63) is 50.8 Å². The van der Waals surface area contributed by atoms with Gasteiger partial charge in [0, 0.05) is 10.6 Å². The molecule has 2 N–H and O–H groups in total. The van der Waals surface area contributed by atoms with Gasteiger partial charge in [-0.05, 0) is 42.9 Å². The molecule has 118 valence electrons. The lowest BCUT2D eigenvalue weighted by atomic mass is 9.89. The fourth-order valence-electron chi connectivity index (χ4n) is 3.56. The number of pyridine rings is 1. The molecule has 0 atom stereocenters. The van der Waals surface area contributed by atoms with E-state index < -0.39 is 0 Å². The van der Waals surface area contributed by atoms with Crippen molar-refractivity contribution < 1.29 is 0 Å². The van der Waals surface area contributed by atoms with Crippen LogP contribution in [0, 0.1) is 0 Å². The van der Waals surface area contributed by atoms with Crippen LogP contribution in [0.1, 0.15) is 36.8 Å². The number of aromatic nitrogens is 3. The molecular formula is C18H18ClN3O. The Kier molecular flexibility index (Phi) is 3.69. The van der Waals surface area contributed by atoms with Gasteiger partial charge in [0.15, 0.2) is 5.65 Å². The Balaban J connectivity index is 2.06. The van der Waals surface area contributed by atoms with E-state index in [4.69, 9.17) is 16.6 Å².